The molecule has 1 aromatic rings. The highest BCUT2D eigenvalue weighted by molar-refractivity contribution is 14.0. The van der Waals surface area contributed by atoms with Gasteiger partial charge < -0.3 is 29.2 Å². The number of nitrogens with one attached hydrogen (secondary N) is 1. The number of nitrogens with zero attached hydrogens (tertiary/aromatic N) is 2. The molecule has 0 aromatic heterocycles. The number of rotatable bonds is 5. The lowest BCUT2D eigenvalue weighted by atomic mass is 10.1. The Morgan fingerprint density at radius 2 is 2.07 bits per heavy atom. The number of likely N-dealkylation sites (tertiary alicyclic amines) is 1. The van der Waals surface area contributed by atoms with Crippen molar-refractivity contribution in [3.63, 3.8) is 0 Å². The second kappa shape index (κ2) is 11.2. The Bertz CT molecular complexity index is 674. The first-order valence-corrected chi connectivity index (χ1v) is 10.4. The van der Waals surface area contributed by atoms with E-state index in [0.717, 1.165) is 68.6 Å². The van der Waals surface area contributed by atoms with Gasteiger partial charge in [-0.15, -0.1) is 24.0 Å². The molecule has 29 heavy (non-hydrogen) atoms. The molecule has 8 heteroatoms. The molecular formula is C21H32IN3O4. The summed E-state index contributed by atoms with van der Waals surface area (Å²) in [7, 11) is 1.83. The van der Waals surface area contributed by atoms with Crippen LogP contribution < -0.4 is 14.8 Å². The highest BCUT2D eigenvalue weighted by Crippen LogP contribution is 2.35. The van der Waals surface area contributed by atoms with Crippen LogP contribution in [0.15, 0.2) is 23.2 Å². The van der Waals surface area contributed by atoms with E-state index in [2.05, 4.69) is 21.3 Å². The molecule has 2 fully saturated rings. The molecule has 4 rings (SSSR count). The third-order valence-electron chi connectivity index (χ3n) is 5.66. The van der Waals surface area contributed by atoms with E-state index < -0.39 is 0 Å². The van der Waals surface area contributed by atoms with Gasteiger partial charge in [0, 0.05) is 38.9 Å². The largest absolute Gasteiger partial charge is 0.454 e. The van der Waals surface area contributed by atoms with Crippen LogP contribution in [0.4, 0.5) is 0 Å². The van der Waals surface area contributed by atoms with Crippen molar-refractivity contribution in [2.75, 3.05) is 40.1 Å². The van der Waals surface area contributed by atoms with Crippen LogP contribution in [0.25, 0.3) is 0 Å². The molecule has 0 amide bonds. The van der Waals surface area contributed by atoms with Gasteiger partial charge in [0.1, 0.15) is 0 Å². The maximum atomic E-state index is 6.12. The number of guanidine groups is 1. The average molecular weight is 517 g/mol. The molecule has 0 radical (unpaired) electrons. The summed E-state index contributed by atoms with van der Waals surface area (Å²) in [6.07, 6.45) is 6.23. The van der Waals surface area contributed by atoms with Gasteiger partial charge in [0.25, 0.3) is 0 Å². The lowest BCUT2D eigenvalue weighted by Gasteiger charge is -2.35. The third kappa shape index (κ3) is 5.88. The molecule has 1 N–H and O–H groups in total. The quantitative estimate of drug-likeness (QED) is 0.368. The zero-order valence-corrected chi connectivity index (χ0v) is 19.4. The smallest absolute Gasteiger partial charge is 0.231 e. The number of piperidine rings is 1. The number of hydrogen-bond donors (Lipinski definition) is 1. The topological polar surface area (TPSA) is 64.6 Å². The Balaban J connectivity index is 0.00000240. The van der Waals surface area contributed by atoms with Gasteiger partial charge in [0.15, 0.2) is 17.5 Å². The summed E-state index contributed by atoms with van der Waals surface area (Å²) < 4.78 is 22.9. The summed E-state index contributed by atoms with van der Waals surface area (Å²) in [4.78, 5) is 6.77. The first-order valence-electron chi connectivity index (χ1n) is 10.4. The molecule has 3 aliphatic heterocycles. The van der Waals surface area contributed by atoms with Gasteiger partial charge in [-0.3, -0.25) is 4.99 Å². The van der Waals surface area contributed by atoms with Gasteiger partial charge in [0.2, 0.25) is 6.79 Å². The van der Waals surface area contributed by atoms with Crippen molar-refractivity contribution in [1.82, 2.24) is 10.2 Å². The van der Waals surface area contributed by atoms with E-state index >= 15 is 0 Å². The van der Waals surface area contributed by atoms with Gasteiger partial charge in [-0.25, -0.2) is 0 Å². The van der Waals surface area contributed by atoms with Crippen molar-refractivity contribution in [3.05, 3.63) is 23.8 Å². The van der Waals surface area contributed by atoms with Gasteiger partial charge in [-0.05, 0) is 38.2 Å². The SMILES string of the molecule is CN=C(NCc1cccc2c1OCO2)N1CCC(OCC2CCCCO2)CC1.I. The molecule has 1 unspecified atom stereocenters. The Labute approximate surface area is 190 Å². The Kier molecular flexibility index (Phi) is 8.68. The minimum Gasteiger partial charge on any atom is -0.454 e. The van der Waals surface area contributed by atoms with Gasteiger partial charge >= 0.3 is 0 Å². The number of aliphatic imine (C=N–C) groups is 1. The molecule has 7 nitrogen and oxygen atoms in total. The van der Waals surface area contributed by atoms with Gasteiger partial charge in [0.05, 0.1) is 18.8 Å². The minimum absolute atomic E-state index is 0. The monoisotopic (exact) mass is 517 g/mol. The van der Waals surface area contributed by atoms with Crippen molar-refractivity contribution in [3.8, 4) is 11.5 Å². The second-order valence-corrected chi connectivity index (χ2v) is 7.56. The highest BCUT2D eigenvalue weighted by atomic mass is 127. The van der Waals surface area contributed by atoms with E-state index in [-0.39, 0.29) is 24.0 Å². The zero-order valence-electron chi connectivity index (χ0n) is 17.1. The molecule has 0 spiro atoms. The van der Waals surface area contributed by atoms with Crippen LogP contribution in [0.5, 0.6) is 11.5 Å². The number of benzene rings is 1. The normalized spacial score (nSPS) is 22.3. The number of halogens is 1. The molecule has 0 saturated carbocycles. The predicted octanol–water partition coefficient (Wildman–Crippen LogP) is 3.16. The van der Waals surface area contributed by atoms with E-state index in [0.29, 0.717) is 25.5 Å². The van der Waals surface area contributed by atoms with Crippen LogP contribution in [0.1, 0.15) is 37.7 Å². The van der Waals surface area contributed by atoms with E-state index in [1.807, 2.05) is 19.2 Å². The Morgan fingerprint density at radius 1 is 1.21 bits per heavy atom. The summed E-state index contributed by atoms with van der Waals surface area (Å²) >= 11 is 0. The molecule has 1 aromatic carbocycles. The Morgan fingerprint density at radius 3 is 2.83 bits per heavy atom. The summed E-state index contributed by atoms with van der Waals surface area (Å²) in [6.45, 7) is 4.47. The highest BCUT2D eigenvalue weighted by Gasteiger charge is 2.24. The number of para-hydroxylation sites is 1. The fourth-order valence-corrected chi connectivity index (χ4v) is 4.05. The average Bonchev–Trinajstić information content (AvgIpc) is 3.24. The molecule has 0 bridgehead atoms. The number of hydrogen-bond acceptors (Lipinski definition) is 5. The second-order valence-electron chi connectivity index (χ2n) is 7.56. The van der Waals surface area contributed by atoms with E-state index in [1.54, 1.807) is 0 Å². The van der Waals surface area contributed by atoms with Crippen LogP contribution in [0.3, 0.4) is 0 Å². The van der Waals surface area contributed by atoms with Gasteiger partial charge in [-0.2, -0.15) is 0 Å². The van der Waals surface area contributed by atoms with Crippen molar-refractivity contribution in [1.29, 1.82) is 0 Å². The van der Waals surface area contributed by atoms with Crippen LogP contribution >= 0.6 is 24.0 Å². The molecule has 162 valence electrons. The first-order chi connectivity index (χ1) is 13.8. The van der Waals surface area contributed by atoms with E-state index in [4.69, 9.17) is 18.9 Å². The fourth-order valence-electron chi connectivity index (χ4n) is 4.05. The molecule has 0 aliphatic carbocycles. The summed E-state index contributed by atoms with van der Waals surface area (Å²) in [5.41, 5.74) is 1.09. The van der Waals surface area contributed by atoms with Crippen LogP contribution in [-0.2, 0) is 16.0 Å². The summed E-state index contributed by atoms with van der Waals surface area (Å²) in [6, 6.07) is 5.98. The number of fused-ring (bicyclic) bond motifs is 1. The first kappa shape index (κ1) is 22.4. The third-order valence-corrected chi connectivity index (χ3v) is 5.66. The van der Waals surface area contributed by atoms with Gasteiger partial charge in [-0.1, -0.05) is 12.1 Å². The maximum absolute atomic E-state index is 6.12. The minimum atomic E-state index is 0. The lowest BCUT2D eigenvalue weighted by molar-refractivity contribution is -0.0721. The van der Waals surface area contributed by atoms with Crippen LogP contribution in [-0.4, -0.2) is 63.2 Å². The molecule has 1 atom stereocenters. The standard InChI is InChI=1S/C21H31N3O4.HI/c1-22-21(23-13-16-5-4-7-19-20(16)28-15-27-19)24-10-8-17(9-11-24)26-14-18-6-2-3-12-25-18;/h4-5,7,17-18H,2-3,6,8-15H2,1H3,(H,22,23);1H. The number of ether oxygens (including phenoxy) is 4. The fraction of sp³-hybridized carbons (Fsp3) is 0.667. The molecule has 3 aliphatic rings. The van der Waals surface area contributed by atoms with Crippen molar-refractivity contribution < 1.29 is 18.9 Å². The molecule has 3 heterocycles. The van der Waals surface area contributed by atoms with E-state index in [1.165, 1.54) is 12.8 Å². The molecular weight excluding hydrogens is 485 g/mol. The predicted molar refractivity (Wildman–Crippen MR) is 122 cm³/mol. The van der Waals surface area contributed by atoms with Crippen molar-refractivity contribution in [2.45, 2.75) is 50.9 Å². The van der Waals surface area contributed by atoms with Crippen LogP contribution in [0, 0.1) is 0 Å². The van der Waals surface area contributed by atoms with Crippen molar-refractivity contribution in [2.24, 2.45) is 4.99 Å². The van der Waals surface area contributed by atoms with Crippen molar-refractivity contribution >= 4 is 29.9 Å². The van der Waals surface area contributed by atoms with E-state index in [9.17, 15) is 0 Å². The summed E-state index contributed by atoms with van der Waals surface area (Å²) in [5, 5.41) is 3.46. The summed E-state index contributed by atoms with van der Waals surface area (Å²) in [5.74, 6) is 2.57. The Hall–Kier alpha value is -1.26. The lowest BCUT2D eigenvalue weighted by Crippen LogP contribution is -2.47. The molecule has 2 saturated heterocycles. The van der Waals surface area contributed by atoms with Crippen LogP contribution in [0.2, 0.25) is 0 Å². The maximum Gasteiger partial charge on any atom is 0.231 e. The zero-order chi connectivity index (χ0) is 19.2.